The van der Waals surface area contributed by atoms with Crippen LogP contribution in [0.25, 0.3) is 11.0 Å². The number of hydrogen-bond acceptors (Lipinski definition) is 5. The third-order valence-electron chi connectivity index (χ3n) is 5.03. The molecule has 2 aromatic carbocycles. The molecule has 0 saturated carbocycles. The summed E-state index contributed by atoms with van der Waals surface area (Å²) in [6.45, 7) is 3.88. The molecule has 4 aromatic rings. The van der Waals surface area contributed by atoms with Gasteiger partial charge in [-0.25, -0.2) is 4.98 Å². The normalized spacial score (nSPS) is 11.4. The van der Waals surface area contributed by atoms with Crippen LogP contribution in [0.15, 0.2) is 67.0 Å². The van der Waals surface area contributed by atoms with E-state index in [4.69, 9.17) is 11.1 Å². The molecule has 7 heteroatoms. The molecule has 0 aliphatic rings. The fourth-order valence-electron chi connectivity index (χ4n) is 3.34. The number of carbonyl (C=O) groups is 1. The number of pyridine rings is 1. The Morgan fingerprint density at radius 1 is 1.10 bits per heavy atom. The monoisotopic (exact) mass is 398 g/mol. The Hall–Kier alpha value is -4.00. The summed E-state index contributed by atoms with van der Waals surface area (Å²) in [5.41, 5.74) is 9.79. The van der Waals surface area contributed by atoms with Crippen LogP contribution in [0.4, 0.5) is 5.69 Å². The quantitative estimate of drug-likeness (QED) is 0.303. The van der Waals surface area contributed by atoms with Crippen LogP contribution < -0.4 is 11.1 Å². The zero-order valence-corrected chi connectivity index (χ0v) is 16.7. The van der Waals surface area contributed by atoms with Gasteiger partial charge in [-0.15, -0.1) is 0 Å². The lowest BCUT2D eigenvalue weighted by molar-refractivity contribution is 0.0902. The van der Waals surface area contributed by atoms with Crippen LogP contribution in [0.1, 0.15) is 41.2 Å². The third-order valence-corrected chi connectivity index (χ3v) is 5.03. The predicted octanol–water partition coefficient (Wildman–Crippen LogP) is 3.62. The number of anilines is 1. The van der Waals surface area contributed by atoms with Gasteiger partial charge in [0.25, 0.3) is 5.91 Å². The number of nitrogen functional groups attached to an aromatic ring is 1. The van der Waals surface area contributed by atoms with E-state index in [1.165, 1.54) is 0 Å². The number of fused-ring (bicyclic) bond motifs is 1. The molecule has 0 unspecified atom stereocenters. The zero-order chi connectivity index (χ0) is 21.3. The SMILES string of the molecule is CC(C)(NC(=O)c1nc2cc(C(=N)c3ccncc3)c(N)cc2[nH]1)c1ccccc1. The van der Waals surface area contributed by atoms with Crippen LogP contribution >= 0.6 is 0 Å². The van der Waals surface area contributed by atoms with Crippen molar-refractivity contribution in [2.75, 3.05) is 5.73 Å². The minimum absolute atomic E-state index is 0.195. The second kappa shape index (κ2) is 7.44. The molecule has 1 amide bonds. The van der Waals surface area contributed by atoms with E-state index in [-0.39, 0.29) is 17.4 Å². The molecule has 2 aromatic heterocycles. The Balaban J connectivity index is 1.64. The summed E-state index contributed by atoms with van der Waals surface area (Å²) in [5.74, 6) is -0.120. The summed E-state index contributed by atoms with van der Waals surface area (Å²) in [5, 5.41) is 11.5. The van der Waals surface area contributed by atoms with Crippen molar-refractivity contribution < 1.29 is 4.79 Å². The number of carbonyl (C=O) groups excluding carboxylic acids is 1. The smallest absolute Gasteiger partial charge is 0.287 e. The molecule has 0 atom stereocenters. The first-order valence-corrected chi connectivity index (χ1v) is 9.52. The molecule has 2 heterocycles. The lowest BCUT2D eigenvalue weighted by Gasteiger charge is -2.26. The number of imidazole rings is 1. The first-order chi connectivity index (χ1) is 14.3. The number of hydrogen-bond donors (Lipinski definition) is 4. The Kier molecular flexibility index (Phi) is 4.79. The maximum atomic E-state index is 12.8. The highest BCUT2D eigenvalue weighted by Gasteiger charge is 2.25. The molecule has 0 saturated heterocycles. The molecule has 0 spiro atoms. The van der Waals surface area contributed by atoms with Crippen LogP contribution in [0.3, 0.4) is 0 Å². The molecule has 150 valence electrons. The van der Waals surface area contributed by atoms with Crippen molar-refractivity contribution in [3.8, 4) is 0 Å². The zero-order valence-electron chi connectivity index (χ0n) is 16.7. The van der Waals surface area contributed by atoms with Crippen molar-refractivity contribution in [3.63, 3.8) is 0 Å². The van der Waals surface area contributed by atoms with Crippen molar-refractivity contribution in [3.05, 3.63) is 89.5 Å². The molecule has 4 rings (SSSR count). The second-order valence-electron chi connectivity index (χ2n) is 7.60. The molecule has 0 bridgehead atoms. The van der Waals surface area contributed by atoms with Crippen LogP contribution in [-0.2, 0) is 5.54 Å². The highest BCUT2D eigenvalue weighted by atomic mass is 16.2. The molecule has 0 fully saturated rings. The third kappa shape index (κ3) is 3.65. The van der Waals surface area contributed by atoms with Gasteiger partial charge in [-0.2, -0.15) is 0 Å². The maximum absolute atomic E-state index is 12.8. The fourth-order valence-corrected chi connectivity index (χ4v) is 3.34. The largest absolute Gasteiger partial charge is 0.398 e. The van der Waals surface area contributed by atoms with Crippen molar-refractivity contribution in [2.45, 2.75) is 19.4 Å². The second-order valence-corrected chi connectivity index (χ2v) is 7.60. The summed E-state index contributed by atoms with van der Waals surface area (Å²) in [6.07, 6.45) is 3.26. The highest BCUT2D eigenvalue weighted by molar-refractivity contribution is 6.15. The van der Waals surface area contributed by atoms with E-state index in [1.807, 2.05) is 44.2 Å². The van der Waals surface area contributed by atoms with E-state index in [1.54, 1.807) is 36.7 Å². The first kappa shape index (κ1) is 19.3. The average molecular weight is 398 g/mol. The maximum Gasteiger partial charge on any atom is 0.287 e. The predicted molar refractivity (Wildman–Crippen MR) is 118 cm³/mol. The van der Waals surface area contributed by atoms with Crippen molar-refractivity contribution >= 4 is 28.3 Å². The van der Waals surface area contributed by atoms with Crippen LogP contribution in [0, 0.1) is 5.41 Å². The Morgan fingerprint density at radius 3 is 2.50 bits per heavy atom. The van der Waals surface area contributed by atoms with Gasteiger partial charge < -0.3 is 16.0 Å². The Labute approximate surface area is 173 Å². The standard InChI is InChI=1S/C23H22N6O/c1-23(2,15-6-4-3-5-7-15)29-22(30)21-27-18-12-16(17(24)13-19(18)28-21)20(25)14-8-10-26-11-9-14/h3-13,25H,24H2,1-2H3,(H,27,28)(H,29,30). The van der Waals surface area contributed by atoms with E-state index >= 15 is 0 Å². The number of H-pyrrole nitrogens is 1. The molecule has 0 aliphatic carbocycles. The first-order valence-electron chi connectivity index (χ1n) is 9.52. The molecule has 30 heavy (non-hydrogen) atoms. The van der Waals surface area contributed by atoms with Crippen molar-refractivity contribution in [2.24, 2.45) is 0 Å². The fraction of sp³-hybridized carbons (Fsp3) is 0.130. The number of aromatic amines is 1. The van der Waals surface area contributed by atoms with Gasteiger partial charge in [-0.1, -0.05) is 30.3 Å². The van der Waals surface area contributed by atoms with Gasteiger partial charge in [0.2, 0.25) is 0 Å². The summed E-state index contributed by atoms with van der Waals surface area (Å²) in [7, 11) is 0. The number of amides is 1. The molecular weight excluding hydrogens is 376 g/mol. The highest BCUT2D eigenvalue weighted by Crippen LogP contribution is 2.24. The van der Waals surface area contributed by atoms with Gasteiger partial charge in [0.05, 0.1) is 22.3 Å². The average Bonchev–Trinajstić information content (AvgIpc) is 3.17. The van der Waals surface area contributed by atoms with Gasteiger partial charge in [-0.05, 0) is 43.7 Å². The van der Waals surface area contributed by atoms with Crippen molar-refractivity contribution in [1.29, 1.82) is 5.41 Å². The lowest BCUT2D eigenvalue weighted by Crippen LogP contribution is -2.41. The minimum atomic E-state index is -0.565. The van der Waals surface area contributed by atoms with E-state index in [0.29, 0.717) is 27.8 Å². The van der Waals surface area contributed by atoms with Crippen LogP contribution in [-0.4, -0.2) is 26.6 Å². The van der Waals surface area contributed by atoms with E-state index in [0.717, 1.165) is 5.56 Å². The van der Waals surface area contributed by atoms with Crippen molar-refractivity contribution in [1.82, 2.24) is 20.3 Å². The van der Waals surface area contributed by atoms with E-state index in [9.17, 15) is 4.79 Å². The van der Waals surface area contributed by atoms with Gasteiger partial charge >= 0.3 is 0 Å². The van der Waals surface area contributed by atoms with Gasteiger partial charge in [0, 0.05) is 29.2 Å². The van der Waals surface area contributed by atoms with Gasteiger partial charge in [0.15, 0.2) is 5.82 Å². The van der Waals surface area contributed by atoms with E-state index in [2.05, 4.69) is 20.3 Å². The lowest BCUT2D eigenvalue weighted by atomic mass is 9.94. The number of rotatable bonds is 5. The van der Waals surface area contributed by atoms with Gasteiger partial charge in [0.1, 0.15) is 0 Å². The minimum Gasteiger partial charge on any atom is -0.398 e. The summed E-state index contributed by atoms with van der Waals surface area (Å²) < 4.78 is 0. The Bertz CT molecular complexity index is 1230. The number of benzene rings is 2. The molecular formula is C23H22N6O. The van der Waals surface area contributed by atoms with Crippen LogP contribution in [0.2, 0.25) is 0 Å². The summed E-state index contributed by atoms with van der Waals surface area (Å²) >= 11 is 0. The summed E-state index contributed by atoms with van der Waals surface area (Å²) in [6, 6.07) is 16.7. The summed E-state index contributed by atoms with van der Waals surface area (Å²) in [4.78, 5) is 24.3. The molecule has 5 N–H and O–H groups in total. The Morgan fingerprint density at radius 2 is 1.80 bits per heavy atom. The number of nitrogens with one attached hydrogen (secondary N) is 3. The number of nitrogens with two attached hydrogens (primary N) is 1. The van der Waals surface area contributed by atoms with E-state index < -0.39 is 5.54 Å². The molecule has 0 aliphatic heterocycles. The molecule has 0 radical (unpaired) electrons. The van der Waals surface area contributed by atoms with Crippen LogP contribution in [0.5, 0.6) is 0 Å². The molecule has 7 nitrogen and oxygen atoms in total. The van der Waals surface area contributed by atoms with Gasteiger partial charge in [-0.3, -0.25) is 15.2 Å². The number of nitrogens with zero attached hydrogens (tertiary/aromatic N) is 2. The number of aromatic nitrogens is 3. The topological polar surface area (TPSA) is 121 Å².